The molecule has 2 fully saturated rings. The highest BCUT2D eigenvalue weighted by Crippen LogP contribution is 2.48. The second-order valence-electron chi connectivity index (χ2n) is 8.45. The van der Waals surface area contributed by atoms with Crippen LogP contribution >= 0.6 is 11.6 Å². The third-order valence-corrected chi connectivity index (χ3v) is 6.70. The fourth-order valence-corrected chi connectivity index (χ4v) is 5.16. The predicted octanol–water partition coefficient (Wildman–Crippen LogP) is 5.14. The first-order valence-electron chi connectivity index (χ1n) is 10.5. The molecule has 2 aliphatic carbocycles. The first-order chi connectivity index (χ1) is 13.1. The summed E-state index contributed by atoms with van der Waals surface area (Å²) in [4.78, 5) is 12.8. The van der Waals surface area contributed by atoms with Gasteiger partial charge in [0.25, 0.3) is 5.91 Å². The summed E-state index contributed by atoms with van der Waals surface area (Å²) in [5, 5.41) is 7.07. The van der Waals surface area contributed by atoms with Gasteiger partial charge in [-0.05, 0) is 67.7 Å². The van der Waals surface area contributed by atoms with Gasteiger partial charge < -0.3 is 10.6 Å². The summed E-state index contributed by atoms with van der Waals surface area (Å²) in [5.74, 6) is 0.861. The van der Waals surface area contributed by atoms with Gasteiger partial charge in [0.2, 0.25) is 0 Å². The number of halogens is 1. The number of fused-ring (bicyclic) bond motifs is 2. The Labute approximate surface area is 168 Å². The molecule has 0 unspecified atom stereocenters. The van der Waals surface area contributed by atoms with Crippen molar-refractivity contribution >= 4 is 17.5 Å². The van der Waals surface area contributed by atoms with Crippen LogP contribution in [0.25, 0.3) is 0 Å². The van der Waals surface area contributed by atoms with Gasteiger partial charge in [0.1, 0.15) is 0 Å². The van der Waals surface area contributed by atoms with Crippen molar-refractivity contribution in [2.45, 2.75) is 57.8 Å². The molecule has 1 aromatic carbocycles. The Kier molecular flexibility index (Phi) is 7.37. The van der Waals surface area contributed by atoms with Crippen LogP contribution in [0.2, 0.25) is 5.02 Å². The summed E-state index contributed by atoms with van der Waals surface area (Å²) >= 11 is 6.33. The van der Waals surface area contributed by atoms with Gasteiger partial charge in [-0.1, -0.05) is 49.4 Å². The smallest absolute Gasteiger partial charge is 0.252 e. The van der Waals surface area contributed by atoms with E-state index in [1.807, 2.05) is 24.3 Å². The maximum absolute atomic E-state index is 12.8. The quantitative estimate of drug-likeness (QED) is 0.454. The molecule has 1 aromatic rings. The Bertz CT molecular complexity index is 648. The van der Waals surface area contributed by atoms with E-state index in [4.69, 9.17) is 11.6 Å². The van der Waals surface area contributed by atoms with E-state index >= 15 is 0 Å². The number of aryl methyl sites for hydroxylation is 1. The van der Waals surface area contributed by atoms with Gasteiger partial charge in [0.05, 0.1) is 10.6 Å². The molecular weight excluding hydrogens is 356 g/mol. The number of benzene rings is 1. The van der Waals surface area contributed by atoms with Crippen LogP contribution in [0.4, 0.5) is 0 Å². The van der Waals surface area contributed by atoms with Gasteiger partial charge in [-0.25, -0.2) is 0 Å². The highest BCUT2D eigenvalue weighted by atomic mass is 35.5. The van der Waals surface area contributed by atoms with Crippen LogP contribution in [0.15, 0.2) is 30.9 Å². The number of nitrogens with one attached hydrogen (secondary N) is 2. The third-order valence-electron chi connectivity index (χ3n) is 6.37. The second-order valence-corrected chi connectivity index (χ2v) is 8.86. The summed E-state index contributed by atoms with van der Waals surface area (Å²) in [5.41, 5.74) is 2.11. The van der Waals surface area contributed by atoms with Gasteiger partial charge in [-0.3, -0.25) is 4.79 Å². The van der Waals surface area contributed by atoms with Crippen molar-refractivity contribution in [3.05, 3.63) is 47.0 Å². The van der Waals surface area contributed by atoms with Crippen LogP contribution in [0.1, 0.15) is 67.3 Å². The molecule has 0 saturated heterocycles. The summed E-state index contributed by atoms with van der Waals surface area (Å²) in [6, 6.07) is 5.85. The van der Waals surface area contributed by atoms with Crippen molar-refractivity contribution in [2.24, 2.45) is 11.3 Å². The van der Waals surface area contributed by atoms with E-state index in [1.165, 1.54) is 50.5 Å². The van der Waals surface area contributed by atoms with E-state index in [2.05, 4.69) is 17.2 Å². The fourth-order valence-electron chi connectivity index (χ4n) is 4.96. The lowest BCUT2D eigenvalue weighted by molar-refractivity contribution is 0.0682. The van der Waals surface area contributed by atoms with E-state index in [-0.39, 0.29) is 5.91 Å². The van der Waals surface area contributed by atoms with Gasteiger partial charge in [0.15, 0.2) is 0 Å². The molecule has 0 aromatic heterocycles. The summed E-state index contributed by atoms with van der Waals surface area (Å²) in [6.45, 7) is 6.28. The van der Waals surface area contributed by atoms with E-state index in [0.29, 0.717) is 16.0 Å². The molecule has 0 radical (unpaired) electrons. The Morgan fingerprint density at radius 2 is 2.07 bits per heavy atom. The van der Waals surface area contributed by atoms with Crippen molar-refractivity contribution < 1.29 is 4.79 Å². The third kappa shape index (κ3) is 5.58. The minimum Gasteiger partial charge on any atom is -0.351 e. The standard InChI is InChI=1S/C23H33ClN2O/c1-2-13-25-14-5-8-18-9-10-21(24)20(15-18)22(27)26-17-23-11-3-6-19(16-23)7-4-12-23/h2,9-10,15,19,25H,1,3-8,11-14,16-17H2,(H,26,27). The van der Waals surface area contributed by atoms with Crippen LogP contribution in [-0.4, -0.2) is 25.5 Å². The zero-order chi connectivity index (χ0) is 19.1. The lowest BCUT2D eigenvalue weighted by Crippen LogP contribution is -2.43. The van der Waals surface area contributed by atoms with Crippen LogP contribution in [-0.2, 0) is 6.42 Å². The van der Waals surface area contributed by atoms with Gasteiger partial charge >= 0.3 is 0 Å². The van der Waals surface area contributed by atoms with E-state index in [1.54, 1.807) is 0 Å². The van der Waals surface area contributed by atoms with Crippen molar-refractivity contribution in [3.8, 4) is 0 Å². The first kappa shape index (κ1) is 20.4. The minimum absolute atomic E-state index is 0.0197. The first-order valence-corrected chi connectivity index (χ1v) is 10.9. The molecule has 0 spiro atoms. The van der Waals surface area contributed by atoms with Crippen molar-refractivity contribution in [1.82, 2.24) is 10.6 Å². The van der Waals surface area contributed by atoms with Crippen LogP contribution in [0.5, 0.6) is 0 Å². The minimum atomic E-state index is -0.0197. The van der Waals surface area contributed by atoms with Crippen molar-refractivity contribution in [1.29, 1.82) is 0 Å². The van der Waals surface area contributed by atoms with Gasteiger partial charge in [-0.15, -0.1) is 6.58 Å². The predicted molar refractivity (Wildman–Crippen MR) is 113 cm³/mol. The second kappa shape index (κ2) is 9.75. The average Bonchev–Trinajstić information content (AvgIpc) is 2.67. The van der Waals surface area contributed by atoms with E-state index in [0.717, 1.165) is 38.4 Å². The Balaban J connectivity index is 1.55. The highest BCUT2D eigenvalue weighted by molar-refractivity contribution is 6.33. The average molecular weight is 389 g/mol. The molecule has 0 atom stereocenters. The number of hydrogen-bond acceptors (Lipinski definition) is 2. The Morgan fingerprint density at radius 3 is 2.81 bits per heavy atom. The largest absolute Gasteiger partial charge is 0.351 e. The van der Waals surface area contributed by atoms with Crippen LogP contribution < -0.4 is 10.6 Å². The molecule has 2 N–H and O–H groups in total. The SMILES string of the molecule is C=CCNCCCc1ccc(Cl)c(C(=O)NCC23CCCC(CCC2)C3)c1. The maximum atomic E-state index is 12.8. The molecule has 0 aliphatic heterocycles. The summed E-state index contributed by atoms with van der Waals surface area (Å²) in [6.07, 6.45) is 13.0. The molecule has 3 nitrogen and oxygen atoms in total. The Morgan fingerprint density at radius 1 is 1.30 bits per heavy atom. The molecule has 2 bridgehead atoms. The van der Waals surface area contributed by atoms with Crippen LogP contribution in [0, 0.1) is 11.3 Å². The molecule has 4 heteroatoms. The normalized spacial score (nSPS) is 24.4. The maximum Gasteiger partial charge on any atom is 0.252 e. The molecule has 2 aliphatic rings. The molecule has 2 saturated carbocycles. The lowest BCUT2D eigenvalue weighted by Gasteiger charge is -2.45. The van der Waals surface area contributed by atoms with E-state index < -0.39 is 0 Å². The molecule has 0 heterocycles. The summed E-state index contributed by atoms with van der Waals surface area (Å²) in [7, 11) is 0. The fraction of sp³-hybridized carbons (Fsp3) is 0.609. The summed E-state index contributed by atoms with van der Waals surface area (Å²) < 4.78 is 0. The molecule has 27 heavy (non-hydrogen) atoms. The van der Waals surface area contributed by atoms with Gasteiger partial charge in [0, 0.05) is 13.1 Å². The van der Waals surface area contributed by atoms with Gasteiger partial charge in [-0.2, -0.15) is 0 Å². The number of carbonyl (C=O) groups excluding carboxylic acids is 1. The molecule has 148 valence electrons. The zero-order valence-corrected chi connectivity index (χ0v) is 17.1. The number of hydrogen-bond donors (Lipinski definition) is 2. The topological polar surface area (TPSA) is 41.1 Å². The monoisotopic (exact) mass is 388 g/mol. The van der Waals surface area contributed by atoms with Crippen molar-refractivity contribution in [2.75, 3.05) is 19.6 Å². The van der Waals surface area contributed by atoms with Crippen LogP contribution in [0.3, 0.4) is 0 Å². The number of amides is 1. The molecular formula is C23H33ClN2O. The number of rotatable bonds is 9. The van der Waals surface area contributed by atoms with Crippen molar-refractivity contribution in [3.63, 3.8) is 0 Å². The zero-order valence-electron chi connectivity index (χ0n) is 16.4. The van der Waals surface area contributed by atoms with E-state index in [9.17, 15) is 4.79 Å². The highest BCUT2D eigenvalue weighted by Gasteiger charge is 2.39. The molecule has 1 amide bonds. The number of carbonyl (C=O) groups is 1. The molecule has 3 rings (SSSR count). The Hall–Kier alpha value is -1.32. The lowest BCUT2D eigenvalue weighted by atomic mass is 9.62.